The van der Waals surface area contributed by atoms with Crippen LogP contribution in [0.2, 0.25) is 0 Å². The number of fused-ring (bicyclic) bond motifs is 1. The van der Waals surface area contributed by atoms with E-state index in [9.17, 15) is 9.18 Å². The van der Waals surface area contributed by atoms with E-state index >= 15 is 0 Å². The minimum absolute atomic E-state index is 0.120. The first-order chi connectivity index (χ1) is 9.24. The molecule has 0 bridgehead atoms. The zero-order valence-electron chi connectivity index (χ0n) is 10.2. The summed E-state index contributed by atoms with van der Waals surface area (Å²) in [5, 5.41) is 6.04. The molecule has 0 unspecified atom stereocenters. The van der Waals surface area contributed by atoms with Gasteiger partial charge in [-0.15, -0.1) is 0 Å². The van der Waals surface area contributed by atoms with Crippen LogP contribution in [0.5, 0.6) is 0 Å². The van der Waals surface area contributed by atoms with Gasteiger partial charge in [-0.05, 0) is 18.2 Å². The number of anilines is 2. The number of rotatable bonds is 1. The third kappa shape index (κ3) is 2.29. The molecule has 1 heterocycles. The van der Waals surface area contributed by atoms with E-state index < -0.39 is 0 Å². The third-order valence-electron chi connectivity index (χ3n) is 3.20. The van der Waals surface area contributed by atoms with Crippen molar-refractivity contribution in [3.63, 3.8) is 0 Å². The third-order valence-corrected chi connectivity index (χ3v) is 3.20. The van der Waals surface area contributed by atoms with E-state index in [-0.39, 0.29) is 24.2 Å². The van der Waals surface area contributed by atoms with Crippen molar-refractivity contribution in [3.05, 3.63) is 59.9 Å². The topological polar surface area (TPSA) is 41.1 Å². The van der Waals surface area contributed by atoms with Gasteiger partial charge in [-0.25, -0.2) is 4.39 Å². The van der Waals surface area contributed by atoms with Crippen LogP contribution in [0, 0.1) is 5.82 Å². The summed E-state index contributed by atoms with van der Waals surface area (Å²) in [6.45, 7) is 0. The number of para-hydroxylation sites is 2. The van der Waals surface area contributed by atoms with Crippen LogP contribution in [-0.4, -0.2) is 5.91 Å². The first-order valence-electron chi connectivity index (χ1n) is 6.14. The first-order valence-corrected chi connectivity index (χ1v) is 6.14. The van der Waals surface area contributed by atoms with Crippen molar-refractivity contribution in [2.45, 2.75) is 12.5 Å². The Morgan fingerprint density at radius 1 is 1.00 bits per heavy atom. The highest BCUT2D eigenvalue weighted by atomic mass is 19.1. The summed E-state index contributed by atoms with van der Waals surface area (Å²) in [4.78, 5) is 11.9. The van der Waals surface area contributed by atoms with Gasteiger partial charge in [0, 0.05) is 5.56 Å². The lowest BCUT2D eigenvalue weighted by atomic mass is 10.0. The minimum atomic E-state index is -0.357. The number of nitrogens with one attached hydrogen (secondary N) is 2. The smallest absolute Gasteiger partial charge is 0.226 e. The predicted molar refractivity (Wildman–Crippen MR) is 72.5 cm³/mol. The summed E-state index contributed by atoms with van der Waals surface area (Å²) >= 11 is 0. The standard InChI is InChI=1S/C15H13FN2O/c16-11-6-2-1-5-10(11)14-9-15(19)18-13-8-4-3-7-12(13)17-14/h1-8,14,17H,9H2,(H,18,19)/t14-/m1/s1. The van der Waals surface area contributed by atoms with Crippen LogP contribution in [0.25, 0.3) is 0 Å². The zero-order valence-corrected chi connectivity index (χ0v) is 10.2. The van der Waals surface area contributed by atoms with E-state index in [2.05, 4.69) is 10.6 Å². The van der Waals surface area contributed by atoms with E-state index in [1.807, 2.05) is 24.3 Å². The molecule has 0 saturated carbocycles. The van der Waals surface area contributed by atoms with Crippen molar-refractivity contribution < 1.29 is 9.18 Å². The van der Waals surface area contributed by atoms with Gasteiger partial charge in [-0.2, -0.15) is 0 Å². The molecule has 0 radical (unpaired) electrons. The molecule has 0 fully saturated rings. The number of carbonyl (C=O) groups is 1. The molecule has 0 saturated heterocycles. The van der Waals surface area contributed by atoms with Crippen LogP contribution in [0.4, 0.5) is 15.8 Å². The van der Waals surface area contributed by atoms with Gasteiger partial charge < -0.3 is 10.6 Å². The van der Waals surface area contributed by atoms with Gasteiger partial charge in [0.1, 0.15) is 5.82 Å². The normalized spacial score (nSPS) is 17.9. The Hall–Kier alpha value is -2.36. The Balaban J connectivity index is 2.01. The molecule has 3 rings (SSSR count). The maximum Gasteiger partial charge on any atom is 0.226 e. The Morgan fingerprint density at radius 2 is 1.68 bits per heavy atom. The molecule has 1 amide bonds. The molecule has 2 N–H and O–H groups in total. The first kappa shape index (κ1) is 11.7. The van der Waals surface area contributed by atoms with Crippen molar-refractivity contribution in [3.8, 4) is 0 Å². The molecular formula is C15H13FN2O. The largest absolute Gasteiger partial charge is 0.376 e. The summed E-state index contributed by atoms with van der Waals surface area (Å²) in [7, 11) is 0. The maximum atomic E-state index is 13.8. The molecule has 3 nitrogen and oxygen atoms in total. The van der Waals surface area contributed by atoms with Crippen LogP contribution in [0.15, 0.2) is 48.5 Å². The second-order valence-corrected chi connectivity index (χ2v) is 4.52. The van der Waals surface area contributed by atoms with Gasteiger partial charge >= 0.3 is 0 Å². The van der Waals surface area contributed by atoms with Gasteiger partial charge in [-0.1, -0.05) is 30.3 Å². The number of hydrogen-bond donors (Lipinski definition) is 2. The molecule has 1 atom stereocenters. The van der Waals surface area contributed by atoms with Crippen molar-refractivity contribution in [1.29, 1.82) is 0 Å². The van der Waals surface area contributed by atoms with Crippen molar-refractivity contribution in [1.82, 2.24) is 0 Å². The number of halogens is 1. The lowest BCUT2D eigenvalue weighted by Gasteiger charge is -2.17. The SMILES string of the molecule is O=C1C[C@H](c2ccccc2F)Nc2ccccc2N1. The molecule has 0 spiro atoms. The fraction of sp³-hybridized carbons (Fsp3) is 0.133. The monoisotopic (exact) mass is 256 g/mol. The number of amides is 1. The maximum absolute atomic E-state index is 13.8. The average molecular weight is 256 g/mol. The fourth-order valence-corrected chi connectivity index (χ4v) is 2.29. The number of hydrogen-bond acceptors (Lipinski definition) is 2. The fourth-order valence-electron chi connectivity index (χ4n) is 2.29. The molecule has 4 heteroatoms. The van der Waals surface area contributed by atoms with E-state index in [0.29, 0.717) is 5.56 Å². The average Bonchev–Trinajstić information content (AvgIpc) is 2.57. The quantitative estimate of drug-likeness (QED) is 0.821. The molecule has 0 aromatic heterocycles. The Labute approximate surface area is 110 Å². The number of benzene rings is 2. The van der Waals surface area contributed by atoms with Crippen LogP contribution in [-0.2, 0) is 4.79 Å². The van der Waals surface area contributed by atoms with Crippen LogP contribution < -0.4 is 10.6 Å². The molecule has 1 aliphatic rings. The van der Waals surface area contributed by atoms with E-state index in [1.165, 1.54) is 6.07 Å². The van der Waals surface area contributed by atoms with E-state index in [1.54, 1.807) is 18.2 Å². The van der Waals surface area contributed by atoms with Gasteiger partial charge in [0.15, 0.2) is 0 Å². The van der Waals surface area contributed by atoms with Crippen molar-refractivity contribution in [2.75, 3.05) is 10.6 Å². The van der Waals surface area contributed by atoms with E-state index in [0.717, 1.165) is 11.4 Å². The molecule has 19 heavy (non-hydrogen) atoms. The lowest BCUT2D eigenvalue weighted by Crippen LogP contribution is -2.16. The molecule has 2 aromatic rings. The zero-order chi connectivity index (χ0) is 13.2. The molecule has 2 aromatic carbocycles. The highest BCUT2D eigenvalue weighted by Gasteiger charge is 2.23. The predicted octanol–water partition coefficient (Wildman–Crippen LogP) is 3.32. The Kier molecular flexibility index (Phi) is 2.91. The van der Waals surface area contributed by atoms with Gasteiger partial charge in [0.05, 0.1) is 23.8 Å². The minimum Gasteiger partial charge on any atom is -0.376 e. The second-order valence-electron chi connectivity index (χ2n) is 4.52. The van der Waals surface area contributed by atoms with Crippen LogP contribution >= 0.6 is 0 Å². The summed E-state index contributed by atoms with van der Waals surface area (Å²) in [6.07, 6.45) is 0.204. The molecular weight excluding hydrogens is 243 g/mol. The van der Waals surface area contributed by atoms with Crippen molar-refractivity contribution >= 4 is 17.3 Å². The Bertz CT molecular complexity index is 627. The summed E-state index contributed by atoms with van der Waals surface area (Å²) in [5.74, 6) is -0.419. The molecule has 96 valence electrons. The summed E-state index contributed by atoms with van der Waals surface area (Å²) in [6, 6.07) is 13.6. The summed E-state index contributed by atoms with van der Waals surface area (Å²) in [5.41, 5.74) is 2.04. The summed E-state index contributed by atoms with van der Waals surface area (Å²) < 4.78 is 13.8. The van der Waals surface area contributed by atoms with Gasteiger partial charge in [-0.3, -0.25) is 4.79 Å². The molecule has 0 aliphatic carbocycles. The van der Waals surface area contributed by atoms with Crippen molar-refractivity contribution in [2.24, 2.45) is 0 Å². The number of carbonyl (C=O) groups excluding carboxylic acids is 1. The second kappa shape index (κ2) is 4.72. The van der Waals surface area contributed by atoms with Crippen LogP contribution in [0.1, 0.15) is 18.0 Å². The lowest BCUT2D eigenvalue weighted by molar-refractivity contribution is -0.116. The molecule has 1 aliphatic heterocycles. The highest BCUT2D eigenvalue weighted by Crippen LogP contribution is 2.32. The van der Waals surface area contributed by atoms with Crippen LogP contribution in [0.3, 0.4) is 0 Å². The van der Waals surface area contributed by atoms with Gasteiger partial charge in [0.25, 0.3) is 0 Å². The Morgan fingerprint density at radius 3 is 2.47 bits per heavy atom. The van der Waals surface area contributed by atoms with E-state index in [4.69, 9.17) is 0 Å². The van der Waals surface area contributed by atoms with Gasteiger partial charge in [0.2, 0.25) is 5.91 Å². The highest BCUT2D eigenvalue weighted by molar-refractivity contribution is 5.96.